The van der Waals surface area contributed by atoms with Gasteiger partial charge in [-0.2, -0.15) is 0 Å². The molecule has 1 aliphatic rings. The highest BCUT2D eigenvalue weighted by atomic mass is 14.8. The molecule has 0 aromatic heterocycles. The first-order valence-corrected chi connectivity index (χ1v) is 3.99. The highest BCUT2D eigenvalue weighted by Gasteiger charge is 2.10. The van der Waals surface area contributed by atoms with Crippen molar-refractivity contribution < 1.29 is 0 Å². The maximum absolute atomic E-state index is 7.61. The molecule has 1 heterocycles. The van der Waals surface area contributed by atoms with Gasteiger partial charge in [0, 0.05) is 25.0 Å². The van der Waals surface area contributed by atoms with E-state index in [1.807, 2.05) is 20.2 Å². The number of allylic oxidation sites excluding steroid dienone is 2. The van der Waals surface area contributed by atoms with Crippen molar-refractivity contribution in [1.82, 2.24) is 5.32 Å². The van der Waals surface area contributed by atoms with Gasteiger partial charge >= 0.3 is 0 Å². The fourth-order valence-electron chi connectivity index (χ4n) is 1.10. The molecule has 12 heavy (non-hydrogen) atoms. The van der Waals surface area contributed by atoms with Crippen LogP contribution < -0.4 is 5.32 Å². The molecule has 0 aromatic carbocycles. The third-order valence-corrected chi connectivity index (χ3v) is 1.70. The van der Waals surface area contributed by atoms with Crippen molar-refractivity contribution in [3.63, 3.8) is 0 Å². The Balaban J connectivity index is 2.96. The van der Waals surface area contributed by atoms with Gasteiger partial charge in [0.1, 0.15) is 0 Å². The van der Waals surface area contributed by atoms with E-state index in [1.165, 1.54) is 0 Å². The molecule has 3 nitrogen and oxygen atoms in total. The van der Waals surface area contributed by atoms with Crippen LogP contribution in [0.3, 0.4) is 0 Å². The minimum atomic E-state index is 0.524. The maximum Gasteiger partial charge on any atom is 0.0660 e. The Morgan fingerprint density at radius 2 is 2.42 bits per heavy atom. The van der Waals surface area contributed by atoms with Gasteiger partial charge in [0.2, 0.25) is 0 Å². The predicted octanol–water partition coefficient (Wildman–Crippen LogP) is 1.49. The fourth-order valence-corrected chi connectivity index (χ4v) is 1.10. The van der Waals surface area contributed by atoms with Gasteiger partial charge in [-0.25, -0.2) is 0 Å². The van der Waals surface area contributed by atoms with Crippen molar-refractivity contribution in [2.45, 2.75) is 13.3 Å². The first-order valence-electron chi connectivity index (χ1n) is 3.99. The predicted molar refractivity (Wildman–Crippen MR) is 51.7 cm³/mol. The highest BCUT2D eigenvalue weighted by Crippen LogP contribution is 2.09. The lowest BCUT2D eigenvalue weighted by Gasteiger charge is -2.10. The average Bonchev–Trinajstić information content (AvgIpc) is 2.09. The molecule has 0 amide bonds. The van der Waals surface area contributed by atoms with Crippen molar-refractivity contribution in [2.75, 3.05) is 7.05 Å². The molecular weight excluding hydrogens is 150 g/mol. The summed E-state index contributed by atoms with van der Waals surface area (Å²) in [5.41, 5.74) is 2.38. The summed E-state index contributed by atoms with van der Waals surface area (Å²) in [7, 11) is 1.83. The molecule has 1 aliphatic heterocycles. The van der Waals surface area contributed by atoms with Crippen molar-refractivity contribution in [1.29, 1.82) is 5.41 Å². The van der Waals surface area contributed by atoms with Crippen LogP contribution in [0, 0.1) is 5.41 Å². The zero-order chi connectivity index (χ0) is 8.97. The van der Waals surface area contributed by atoms with Crippen molar-refractivity contribution in [3.05, 3.63) is 24.0 Å². The van der Waals surface area contributed by atoms with Crippen LogP contribution in [0.2, 0.25) is 0 Å². The molecule has 0 saturated heterocycles. The van der Waals surface area contributed by atoms with E-state index < -0.39 is 0 Å². The Bertz CT molecular complexity index is 271. The first-order chi connectivity index (χ1) is 5.79. The Morgan fingerprint density at radius 3 is 3.00 bits per heavy atom. The number of hydrogen-bond acceptors (Lipinski definition) is 3. The lowest BCUT2D eigenvalue weighted by Crippen LogP contribution is -2.15. The van der Waals surface area contributed by atoms with Crippen LogP contribution in [0.4, 0.5) is 0 Å². The van der Waals surface area contributed by atoms with Crippen LogP contribution in [-0.4, -0.2) is 18.5 Å². The van der Waals surface area contributed by atoms with Gasteiger partial charge in [0.25, 0.3) is 0 Å². The Kier molecular flexibility index (Phi) is 2.80. The van der Waals surface area contributed by atoms with E-state index in [4.69, 9.17) is 5.41 Å². The van der Waals surface area contributed by atoms with Crippen LogP contribution in [0.25, 0.3) is 0 Å². The number of hydrogen-bond donors (Lipinski definition) is 2. The van der Waals surface area contributed by atoms with E-state index in [9.17, 15) is 0 Å². The van der Waals surface area contributed by atoms with Gasteiger partial charge in [0.05, 0.1) is 11.4 Å². The first kappa shape index (κ1) is 8.71. The van der Waals surface area contributed by atoms with E-state index in [1.54, 1.807) is 12.3 Å². The lowest BCUT2D eigenvalue weighted by atomic mass is 10.0. The van der Waals surface area contributed by atoms with Crippen LogP contribution in [0.1, 0.15) is 13.3 Å². The highest BCUT2D eigenvalue weighted by molar-refractivity contribution is 6.28. The fraction of sp³-hybridized carbons (Fsp3) is 0.333. The third-order valence-electron chi connectivity index (χ3n) is 1.70. The largest absolute Gasteiger partial charge is 0.393 e. The van der Waals surface area contributed by atoms with Gasteiger partial charge in [-0.05, 0) is 12.5 Å². The second-order valence-corrected chi connectivity index (χ2v) is 2.51. The van der Waals surface area contributed by atoms with E-state index in [-0.39, 0.29) is 0 Å². The maximum atomic E-state index is 7.61. The Morgan fingerprint density at radius 1 is 1.67 bits per heavy atom. The second kappa shape index (κ2) is 3.85. The summed E-state index contributed by atoms with van der Waals surface area (Å²) in [6.45, 7) is 2.04. The smallest absolute Gasteiger partial charge is 0.0660 e. The molecule has 0 spiro atoms. The number of aliphatic imine (C=N–C) groups is 1. The molecular formula is C9H13N3. The van der Waals surface area contributed by atoms with Gasteiger partial charge in [-0.1, -0.05) is 6.92 Å². The number of rotatable bonds is 2. The molecule has 0 atom stereocenters. The molecule has 0 unspecified atom stereocenters. The SMILES string of the molecule is CCC1=NC=CC(=N)/C1=C\NC. The summed E-state index contributed by atoms with van der Waals surface area (Å²) in [4.78, 5) is 4.19. The minimum absolute atomic E-state index is 0.524. The summed E-state index contributed by atoms with van der Waals surface area (Å²) in [6, 6.07) is 0. The zero-order valence-electron chi connectivity index (χ0n) is 7.39. The van der Waals surface area contributed by atoms with Gasteiger partial charge < -0.3 is 10.7 Å². The molecule has 0 aromatic rings. The van der Waals surface area contributed by atoms with E-state index in [2.05, 4.69) is 10.3 Å². The average molecular weight is 163 g/mol. The van der Waals surface area contributed by atoms with Gasteiger partial charge in [0.15, 0.2) is 0 Å². The van der Waals surface area contributed by atoms with Crippen LogP contribution in [0.5, 0.6) is 0 Å². The normalized spacial score (nSPS) is 19.7. The number of nitrogens with one attached hydrogen (secondary N) is 2. The monoisotopic (exact) mass is 163 g/mol. The zero-order valence-corrected chi connectivity index (χ0v) is 7.39. The summed E-state index contributed by atoms with van der Waals surface area (Å²) in [5.74, 6) is 0. The third kappa shape index (κ3) is 1.61. The van der Waals surface area contributed by atoms with Crippen molar-refractivity contribution in [3.8, 4) is 0 Å². The molecule has 0 bridgehead atoms. The van der Waals surface area contributed by atoms with Gasteiger partial charge in [-0.3, -0.25) is 4.99 Å². The molecule has 2 N–H and O–H groups in total. The molecule has 0 radical (unpaired) electrons. The Labute approximate surface area is 72.4 Å². The summed E-state index contributed by atoms with van der Waals surface area (Å²) < 4.78 is 0. The molecule has 64 valence electrons. The van der Waals surface area contributed by atoms with Gasteiger partial charge in [-0.15, -0.1) is 0 Å². The van der Waals surface area contributed by atoms with E-state index in [0.717, 1.165) is 17.7 Å². The van der Waals surface area contributed by atoms with Crippen molar-refractivity contribution in [2.24, 2.45) is 4.99 Å². The summed E-state index contributed by atoms with van der Waals surface area (Å²) in [5, 5.41) is 10.5. The van der Waals surface area contributed by atoms with Crippen LogP contribution in [0.15, 0.2) is 29.0 Å². The quantitative estimate of drug-likeness (QED) is 0.636. The van der Waals surface area contributed by atoms with Crippen LogP contribution >= 0.6 is 0 Å². The minimum Gasteiger partial charge on any atom is -0.393 e. The van der Waals surface area contributed by atoms with E-state index >= 15 is 0 Å². The second-order valence-electron chi connectivity index (χ2n) is 2.51. The number of nitrogens with zero attached hydrogens (tertiary/aromatic N) is 1. The lowest BCUT2D eigenvalue weighted by molar-refractivity contribution is 1.09. The molecule has 1 rings (SSSR count). The molecule has 3 heteroatoms. The Hall–Kier alpha value is -1.38. The molecule has 0 saturated carbocycles. The van der Waals surface area contributed by atoms with Crippen molar-refractivity contribution >= 4 is 11.4 Å². The standard InChI is InChI=1S/C9H13N3/c1-3-9-7(6-11-2)8(10)4-5-12-9/h4-6,10-11H,3H2,1-2H3/b7-6+,10-8?. The topological polar surface area (TPSA) is 48.2 Å². The van der Waals surface area contributed by atoms with E-state index in [0.29, 0.717) is 5.71 Å². The van der Waals surface area contributed by atoms with Crippen LogP contribution in [-0.2, 0) is 0 Å². The molecule has 0 aliphatic carbocycles. The summed E-state index contributed by atoms with van der Waals surface area (Å²) in [6.07, 6.45) is 6.05. The summed E-state index contributed by atoms with van der Waals surface area (Å²) >= 11 is 0. The molecule has 0 fully saturated rings.